The lowest BCUT2D eigenvalue weighted by atomic mass is 10.0. The summed E-state index contributed by atoms with van der Waals surface area (Å²) in [6, 6.07) is 11.6. The van der Waals surface area contributed by atoms with Gasteiger partial charge in [0.1, 0.15) is 17.3 Å². The minimum Gasteiger partial charge on any atom is -0.493 e. The molecule has 0 radical (unpaired) electrons. The number of ketones is 2. The molecule has 0 saturated carbocycles. The molecule has 6 heteroatoms. The lowest BCUT2D eigenvalue weighted by Gasteiger charge is -2.17. The van der Waals surface area contributed by atoms with Crippen LogP contribution in [-0.2, 0) is 22.4 Å². The molecule has 0 bridgehead atoms. The Balaban J connectivity index is 1.95. The molecule has 0 unspecified atom stereocenters. The van der Waals surface area contributed by atoms with Crippen molar-refractivity contribution < 1.29 is 23.9 Å². The molecular weight excluding hydrogens is 424 g/mol. The van der Waals surface area contributed by atoms with Crippen LogP contribution in [0.1, 0.15) is 68.4 Å². The Morgan fingerprint density at radius 2 is 1.69 bits per heavy atom. The molecule has 0 aliphatic heterocycles. The number of esters is 1. The number of carbonyl (C=O) groups excluding carboxylic acids is 3. The molecule has 2 rings (SSSR count). The minimum atomic E-state index is -0.455. The van der Waals surface area contributed by atoms with Gasteiger partial charge >= 0.3 is 5.97 Å². The molecule has 2 aromatic rings. The van der Waals surface area contributed by atoms with Crippen LogP contribution in [0.5, 0.6) is 11.5 Å². The highest BCUT2D eigenvalue weighted by Crippen LogP contribution is 2.34. The molecule has 0 amide bonds. The first kappa shape index (κ1) is 25.7. The first-order chi connectivity index (χ1) is 15.3. The molecule has 0 N–H and O–H groups in total. The van der Waals surface area contributed by atoms with E-state index in [2.05, 4.69) is 12.1 Å². The van der Waals surface area contributed by atoms with Crippen LogP contribution in [0.25, 0.3) is 0 Å². The van der Waals surface area contributed by atoms with Crippen LogP contribution in [-0.4, -0.2) is 29.9 Å². The van der Waals surface area contributed by atoms with E-state index in [1.54, 1.807) is 23.9 Å². The van der Waals surface area contributed by atoms with Gasteiger partial charge in [0.05, 0.1) is 12.2 Å². The maximum Gasteiger partial charge on any atom is 0.308 e. The third-order valence-electron chi connectivity index (χ3n) is 4.88. The Kier molecular flexibility index (Phi) is 10.5. The second-order valence-corrected chi connectivity index (χ2v) is 8.75. The summed E-state index contributed by atoms with van der Waals surface area (Å²) in [5.74, 6) is 1.51. The number of thioether (sulfide) groups is 1. The van der Waals surface area contributed by atoms with E-state index in [1.165, 1.54) is 13.8 Å². The zero-order valence-electron chi connectivity index (χ0n) is 19.4. The van der Waals surface area contributed by atoms with Gasteiger partial charge in [0.15, 0.2) is 5.78 Å². The summed E-state index contributed by atoms with van der Waals surface area (Å²) in [7, 11) is 0. The first-order valence-electron chi connectivity index (χ1n) is 11.1. The average Bonchev–Trinajstić information content (AvgIpc) is 2.76. The van der Waals surface area contributed by atoms with Crippen molar-refractivity contribution in [3.05, 3.63) is 53.1 Å². The fourth-order valence-corrected chi connectivity index (χ4v) is 4.08. The fraction of sp³-hybridized carbons (Fsp3) is 0.423. The monoisotopic (exact) mass is 456 g/mol. The fourth-order valence-electron chi connectivity index (χ4n) is 3.26. The number of ether oxygens (including phenoxy) is 2. The average molecular weight is 457 g/mol. The van der Waals surface area contributed by atoms with Gasteiger partial charge in [0, 0.05) is 36.0 Å². The Labute approximate surface area is 194 Å². The van der Waals surface area contributed by atoms with Crippen LogP contribution in [0.4, 0.5) is 0 Å². The smallest absolute Gasteiger partial charge is 0.308 e. The number of benzene rings is 2. The van der Waals surface area contributed by atoms with Crippen molar-refractivity contribution >= 4 is 29.3 Å². The summed E-state index contributed by atoms with van der Waals surface area (Å²) >= 11 is 1.74. The third kappa shape index (κ3) is 7.83. The van der Waals surface area contributed by atoms with Gasteiger partial charge in [-0.05, 0) is 49.6 Å². The Bertz CT molecular complexity index is 934. The van der Waals surface area contributed by atoms with Gasteiger partial charge in [-0.1, -0.05) is 32.4 Å². The highest BCUT2D eigenvalue weighted by atomic mass is 32.2. The number of rotatable bonds is 13. The summed E-state index contributed by atoms with van der Waals surface area (Å²) in [4.78, 5) is 36.3. The Hall–Kier alpha value is -2.60. The Morgan fingerprint density at radius 1 is 0.969 bits per heavy atom. The van der Waals surface area contributed by atoms with E-state index >= 15 is 0 Å². The van der Waals surface area contributed by atoms with Crippen LogP contribution in [0, 0.1) is 0 Å². The predicted octanol–water partition coefficient (Wildman–Crippen LogP) is 5.85. The standard InChI is InChI=1S/C26H32O5S/c1-5-8-24-25(14-13-23(18(3)27)26(24)31-19(4)28)30-15-7-16-32-22-11-9-20(10-12-22)17-21(29)6-2/h9-14H,5-8,15-17H2,1-4H3. The van der Waals surface area contributed by atoms with E-state index in [9.17, 15) is 14.4 Å². The molecule has 32 heavy (non-hydrogen) atoms. The maximum atomic E-state index is 12.0. The van der Waals surface area contributed by atoms with E-state index in [-0.39, 0.29) is 11.6 Å². The molecule has 0 aromatic heterocycles. The normalized spacial score (nSPS) is 10.6. The van der Waals surface area contributed by atoms with Gasteiger partial charge in [0.25, 0.3) is 0 Å². The molecule has 0 fully saturated rings. The molecule has 172 valence electrons. The van der Waals surface area contributed by atoms with Crippen molar-refractivity contribution in [3.8, 4) is 11.5 Å². The minimum absolute atomic E-state index is 0.147. The van der Waals surface area contributed by atoms with Crippen molar-refractivity contribution in [2.45, 2.75) is 64.7 Å². The Morgan fingerprint density at radius 3 is 2.28 bits per heavy atom. The summed E-state index contributed by atoms with van der Waals surface area (Å²) in [5.41, 5.74) is 2.21. The molecule has 2 aromatic carbocycles. The van der Waals surface area contributed by atoms with Crippen molar-refractivity contribution in [2.75, 3.05) is 12.4 Å². The van der Waals surface area contributed by atoms with Crippen molar-refractivity contribution in [2.24, 2.45) is 0 Å². The second kappa shape index (κ2) is 13.1. The number of hydrogen-bond donors (Lipinski definition) is 0. The number of hydrogen-bond acceptors (Lipinski definition) is 6. The van der Waals surface area contributed by atoms with Gasteiger partial charge in [-0.2, -0.15) is 0 Å². The summed E-state index contributed by atoms with van der Waals surface area (Å²) in [5, 5.41) is 0. The zero-order valence-corrected chi connectivity index (χ0v) is 20.2. The lowest BCUT2D eigenvalue weighted by molar-refractivity contribution is -0.132. The highest BCUT2D eigenvalue weighted by molar-refractivity contribution is 7.99. The third-order valence-corrected chi connectivity index (χ3v) is 5.97. The number of Topliss-reactive ketones (excluding diaryl/α,β-unsaturated/α-hetero) is 2. The largest absolute Gasteiger partial charge is 0.493 e. The van der Waals surface area contributed by atoms with Gasteiger partial charge < -0.3 is 9.47 Å². The molecule has 0 heterocycles. The van der Waals surface area contributed by atoms with E-state index in [0.29, 0.717) is 42.9 Å². The number of carbonyl (C=O) groups is 3. The van der Waals surface area contributed by atoms with E-state index in [4.69, 9.17) is 9.47 Å². The molecule has 0 aliphatic rings. The highest BCUT2D eigenvalue weighted by Gasteiger charge is 2.19. The summed E-state index contributed by atoms with van der Waals surface area (Å²) in [6.07, 6.45) is 3.38. The molecular formula is C26H32O5S. The van der Waals surface area contributed by atoms with Gasteiger partial charge in [-0.15, -0.1) is 11.8 Å². The van der Waals surface area contributed by atoms with Crippen LogP contribution in [0.2, 0.25) is 0 Å². The van der Waals surface area contributed by atoms with Gasteiger partial charge in [0.2, 0.25) is 0 Å². The molecule has 5 nitrogen and oxygen atoms in total. The molecule has 0 aliphatic carbocycles. The SMILES string of the molecule is CCCc1c(OCCCSc2ccc(CC(=O)CC)cc2)ccc(C(C)=O)c1OC(C)=O. The van der Waals surface area contributed by atoms with Crippen molar-refractivity contribution in [1.29, 1.82) is 0 Å². The van der Waals surface area contributed by atoms with Gasteiger partial charge in [-0.25, -0.2) is 0 Å². The topological polar surface area (TPSA) is 69.7 Å². The van der Waals surface area contributed by atoms with E-state index in [0.717, 1.165) is 34.6 Å². The summed E-state index contributed by atoms with van der Waals surface area (Å²) in [6.45, 7) is 7.23. The predicted molar refractivity (Wildman–Crippen MR) is 128 cm³/mol. The molecule has 0 spiro atoms. The van der Waals surface area contributed by atoms with Crippen LogP contribution >= 0.6 is 11.8 Å². The van der Waals surface area contributed by atoms with Crippen molar-refractivity contribution in [3.63, 3.8) is 0 Å². The molecule has 0 atom stereocenters. The molecule has 0 saturated heterocycles. The second-order valence-electron chi connectivity index (χ2n) is 7.58. The van der Waals surface area contributed by atoms with Crippen LogP contribution in [0.15, 0.2) is 41.3 Å². The lowest BCUT2D eigenvalue weighted by Crippen LogP contribution is -2.11. The zero-order chi connectivity index (χ0) is 23.5. The van der Waals surface area contributed by atoms with Crippen molar-refractivity contribution in [1.82, 2.24) is 0 Å². The summed E-state index contributed by atoms with van der Waals surface area (Å²) < 4.78 is 11.4. The van der Waals surface area contributed by atoms with Crippen LogP contribution < -0.4 is 9.47 Å². The van der Waals surface area contributed by atoms with Crippen LogP contribution in [0.3, 0.4) is 0 Å². The maximum absolute atomic E-state index is 12.0. The van der Waals surface area contributed by atoms with E-state index in [1.807, 2.05) is 26.0 Å². The van der Waals surface area contributed by atoms with E-state index < -0.39 is 5.97 Å². The quantitative estimate of drug-likeness (QED) is 0.124. The first-order valence-corrected chi connectivity index (χ1v) is 12.1. The van der Waals surface area contributed by atoms with Gasteiger partial charge in [-0.3, -0.25) is 14.4 Å².